The van der Waals surface area contributed by atoms with E-state index in [2.05, 4.69) is 35.9 Å². The Hall–Kier alpha value is -2.03. The van der Waals surface area contributed by atoms with Gasteiger partial charge in [-0.15, -0.1) is 0 Å². The van der Waals surface area contributed by atoms with E-state index in [4.69, 9.17) is 5.73 Å². The number of aromatic nitrogens is 1. The molecule has 0 amide bonds. The third-order valence-corrected chi connectivity index (χ3v) is 3.13. The van der Waals surface area contributed by atoms with Gasteiger partial charge in [-0.3, -0.25) is 0 Å². The summed E-state index contributed by atoms with van der Waals surface area (Å²) in [4.78, 5) is 6.75. The maximum atomic E-state index is 6.03. The normalized spacial score (nSPS) is 10.4. The molecule has 0 radical (unpaired) electrons. The largest absolute Gasteiger partial charge is 0.398 e. The monoisotopic (exact) mass is 255 g/mol. The van der Waals surface area contributed by atoms with Crippen molar-refractivity contribution in [3.8, 4) is 0 Å². The molecule has 3 heteroatoms. The van der Waals surface area contributed by atoms with Crippen molar-refractivity contribution in [2.24, 2.45) is 0 Å². The molecule has 1 aromatic carbocycles. The molecule has 100 valence electrons. The Labute approximate surface area is 115 Å². The lowest BCUT2D eigenvalue weighted by Gasteiger charge is -2.24. The van der Waals surface area contributed by atoms with E-state index in [-0.39, 0.29) is 0 Å². The molecule has 19 heavy (non-hydrogen) atoms. The number of rotatable bonds is 5. The molecule has 0 aliphatic heterocycles. The lowest BCUT2D eigenvalue weighted by molar-refractivity contribution is 0.755. The van der Waals surface area contributed by atoms with E-state index in [9.17, 15) is 0 Å². The van der Waals surface area contributed by atoms with Gasteiger partial charge in [0.05, 0.1) is 0 Å². The van der Waals surface area contributed by atoms with Gasteiger partial charge in [0, 0.05) is 25.0 Å². The zero-order valence-electron chi connectivity index (χ0n) is 11.6. The molecule has 2 N–H and O–H groups in total. The second kappa shape index (κ2) is 6.23. The summed E-state index contributed by atoms with van der Waals surface area (Å²) in [6.07, 6.45) is 2.95. The summed E-state index contributed by atoms with van der Waals surface area (Å²) in [5.74, 6) is 1.02. The predicted octanol–water partition coefficient (Wildman–Crippen LogP) is 3.39. The van der Waals surface area contributed by atoms with Gasteiger partial charge in [0.25, 0.3) is 0 Å². The summed E-state index contributed by atoms with van der Waals surface area (Å²) in [7, 11) is 0. The fraction of sp³-hybridized carbons (Fsp3) is 0.312. The first-order valence-electron chi connectivity index (χ1n) is 6.71. The van der Waals surface area contributed by atoms with Crippen LogP contribution >= 0.6 is 0 Å². The van der Waals surface area contributed by atoms with Crippen LogP contribution in [0.5, 0.6) is 0 Å². The molecule has 1 aromatic heterocycles. The van der Waals surface area contributed by atoms with Crippen LogP contribution in [0, 0.1) is 6.92 Å². The van der Waals surface area contributed by atoms with E-state index < -0.39 is 0 Å². The Kier molecular flexibility index (Phi) is 4.39. The molecule has 2 rings (SSSR count). The van der Waals surface area contributed by atoms with Crippen LogP contribution in [0.2, 0.25) is 0 Å². The number of nitrogen functional groups attached to an aromatic ring is 1. The highest BCUT2D eigenvalue weighted by molar-refractivity contribution is 5.50. The topological polar surface area (TPSA) is 42.1 Å². The second-order valence-electron chi connectivity index (χ2n) is 4.81. The Morgan fingerprint density at radius 3 is 2.68 bits per heavy atom. The molecule has 0 atom stereocenters. The first-order chi connectivity index (χ1) is 9.20. The Morgan fingerprint density at radius 1 is 1.21 bits per heavy atom. The number of benzene rings is 1. The van der Waals surface area contributed by atoms with Gasteiger partial charge in [-0.2, -0.15) is 0 Å². The maximum absolute atomic E-state index is 6.03. The quantitative estimate of drug-likeness (QED) is 0.833. The molecular weight excluding hydrogens is 234 g/mol. The molecule has 1 heterocycles. The van der Waals surface area contributed by atoms with Crippen LogP contribution in [0.25, 0.3) is 0 Å². The molecule has 0 unspecified atom stereocenters. The molecule has 0 fully saturated rings. The second-order valence-corrected chi connectivity index (χ2v) is 4.81. The number of para-hydroxylation sites is 1. The Bertz CT molecular complexity index is 537. The van der Waals surface area contributed by atoms with E-state index >= 15 is 0 Å². The van der Waals surface area contributed by atoms with Crippen molar-refractivity contribution in [1.82, 2.24) is 4.98 Å². The van der Waals surface area contributed by atoms with Gasteiger partial charge >= 0.3 is 0 Å². The van der Waals surface area contributed by atoms with Crippen molar-refractivity contribution < 1.29 is 0 Å². The SMILES string of the molecule is CCCN(Cc1ccccc1N)c1cc(C)ccn1. The molecule has 2 aromatic rings. The van der Waals surface area contributed by atoms with E-state index in [1.807, 2.05) is 30.5 Å². The van der Waals surface area contributed by atoms with Crippen LogP contribution in [0.15, 0.2) is 42.6 Å². The third kappa shape index (κ3) is 3.47. The van der Waals surface area contributed by atoms with Crippen molar-refractivity contribution in [2.75, 3.05) is 17.2 Å². The first-order valence-corrected chi connectivity index (χ1v) is 6.71. The molecule has 0 saturated heterocycles. The minimum Gasteiger partial charge on any atom is -0.398 e. The van der Waals surface area contributed by atoms with E-state index in [0.29, 0.717) is 0 Å². The fourth-order valence-electron chi connectivity index (χ4n) is 2.12. The minimum atomic E-state index is 0.803. The Balaban J connectivity index is 2.24. The number of hydrogen-bond acceptors (Lipinski definition) is 3. The molecule has 0 bridgehead atoms. The van der Waals surface area contributed by atoms with Gasteiger partial charge in [0.1, 0.15) is 5.82 Å². The van der Waals surface area contributed by atoms with Crippen molar-refractivity contribution in [1.29, 1.82) is 0 Å². The lowest BCUT2D eigenvalue weighted by atomic mass is 10.1. The highest BCUT2D eigenvalue weighted by Gasteiger charge is 2.09. The van der Waals surface area contributed by atoms with Crippen molar-refractivity contribution >= 4 is 11.5 Å². The maximum Gasteiger partial charge on any atom is 0.129 e. The number of nitrogens with two attached hydrogens (primary N) is 1. The molecule has 0 saturated carbocycles. The van der Waals surface area contributed by atoms with Crippen molar-refractivity contribution in [3.05, 3.63) is 53.7 Å². The number of anilines is 2. The lowest BCUT2D eigenvalue weighted by Crippen LogP contribution is -2.25. The number of aryl methyl sites for hydroxylation is 1. The third-order valence-electron chi connectivity index (χ3n) is 3.13. The van der Waals surface area contributed by atoms with E-state index in [1.165, 1.54) is 5.56 Å². The Morgan fingerprint density at radius 2 is 2.00 bits per heavy atom. The van der Waals surface area contributed by atoms with Gasteiger partial charge in [-0.1, -0.05) is 25.1 Å². The van der Waals surface area contributed by atoms with Crippen LogP contribution in [0.1, 0.15) is 24.5 Å². The number of nitrogens with zero attached hydrogens (tertiary/aromatic N) is 2. The summed E-state index contributed by atoms with van der Waals surface area (Å²) in [5, 5.41) is 0. The predicted molar refractivity (Wildman–Crippen MR) is 81.2 cm³/mol. The van der Waals surface area contributed by atoms with E-state index in [1.54, 1.807) is 0 Å². The first kappa shape index (κ1) is 13.4. The van der Waals surface area contributed by atoms with Gasteiger partial charge in [-0.05, 0) is 42.7 Å². The van der Waals surface area contributed by atoms with Gasteiger partial charge in [0.2, 0.25) is 0 Å². The van der Waals surface area contributed by atoms with Crippen LogP contribution in [-0.2, 0) is 6.54 Å². The van der Waals surface area contributed by atoms with Crippen LogP contribution in [0.4, 0.5) is 11.5 Å². The summed E-state index contributed by atoms with van der Waals surface area (Å²) in [6, 6.07) is 12.2. The average molecular weight is 255 g/mol. The van der Waals surface area contributed by atoms with Gasteiger partial charge in [-0.25, -0.2) is 4.98 Å². The van der Waals surface area contributed by atoms with Gasteiger partial charge in [0.15, 0.2) is 0 Å². The highest BCUT2D eigenvalue weighted by atomic mass is 15.2. The van der Waals surface area contributed by atoms with E-state index in [0.717, 1.165) is 36.6 Å². The number of pyridine rings is 1. The molecule has 0 aliphatic rings. The molecule has 0 spiro atoms. The van der Waals surface area contributed by atoms with Crippen LogP contribution in [0.3, 0.4) is 0 Å². The molecule has 0 aliphatic carbocycles. The average Bonchev–Trinajstić information content (AvgIpc) is 2.40. The zero-order valence-corrected chi connectivity index (χ0v) is 11.6. The highest BCUT2D eigenvalue weighted by Crippen LogP contribution is 2.19. The fourth-order valence-corrected chi connectivity index (χ4v) is 2.12. The summed E-state index contributed by atoms with van der Waals surface area (Å²) in [6.45, 7) is 6.05. The summed E-state index contributed by atoms with van der Waals surface area (Å²) in [5.41, 5.74) is 9.25. The summed E-state index contributed by atoms with van der Waals surface area (Å²) >= 11 is 0. The van der Waals surface area contributed by atoms with Crippen LogP contribution in [-0.4, -0.2) is 11.5 Å². The van der Waals surface area contributed by atoms with Gasteiger partial charge < -0.3 is 10.6 Å². The minimum absolute atomic E-state index is 0.803. The smallest absolute Gasteiger partial charge is 0.129 e. The summed E-state index contributed by atoms with van der Waals surface area (Å²) < 4.78 is 0. The number of hydrogen-bond donors (Lipinski definition) is 1. The van der Waals surface area contributed by atoms with Crippen molar-refractivity contribution in [3.63, 3.8) is 0 Å². The molecular formula is C16H21N3. The van der Waals surface area contributed by atoms with Crippen LogP contribution < -0.4 is 10.6 Å². The molecule has 3 nitrogen and oxygen atoms in total. The standard InChI is InChI=1S/C16H21N3/c1-3-10-19(16-11-13(2)8-9-18-16)12-14-6-4-5-7-15(14)17/h4-9,11H,3,10,12,17H2,1-2H3. The van der Waals surface area contributed by atoms with Crippen molar-refractivity contribution in [2.45, 2.75) is 26.8 Å². The zero-order chi connectivity index (χ0) is 13.7.